The van der Waals surface area contributed by atoms with Crippen LogP contribution in [0.2, 0.25) is 0 Å². The SMILES string of the molecule is NC(=O)c1csc(CNCC2CCCCC2O)c1. The Morgan fingerprint density at radius 1 is 1.50 bits per heavy atom. The van der Waals surface area contributed by atoms with E-state index in [-0.39, 0.29) is 12.0 Å². The van der Waals surface area contributed by atoms with Gasteiger partial charge in [-0.05, 0) is 24.8 Å². The zero-order chi connectivity index (χ0) is 13.0. The Kier molecular flexibility index (Phi) is 4.74. The molecule has 1 heterocycles. The smallest absolute Gasteiger partial charge is 0.249 e. The fraction of sp³-hybridized carbons (Fsp3) is 0.615. The molecule has 18 heavy (non-hydrogen) atoms. The topological polar surface area (TPSA) is 75.4 Å². The monoisotopic (exact) mass is 268 g/mol. The molecule has 100 valence electrons. The fourth-order valence-corrected chi connectivity index (χ4v) is 3.25. The Bertz CT molecular complexity index is 405. The van der Waals surface area contributed by atoms with E-state index in [0.29, 0.717) is 11.5 Å². The van der Waals surface area contributed by atoms with Gasteiger partial charge in [-0.3, -0.25) is 4.79 Å². The van der Waals surface area contributed by atoms with Gasteiger partial charge >= 0.3 is 0 Å². The predicted molar refractivity (Wildman–Crippen MR) is 72.5 cm³/mol. The number of nitrogens with two attached hydrogens (primary N) is 1. The van der Waals surface area contributed by atoms with Gasteiger partial charge in [0.05, 0.1) is 11.7 Å². The third-order valence-corrected chi connectivity index (χ3v) is 4.45. The Balaban J connectivity index is 1.75. The number of thiophene rings is 1. The molecule has 1 amide bonds. The van der Waals surface area contributed by atoms with E-state index >= 15 is 0 Å². The minimum atomic E-state index is -0.375. The summed E-state index contributed by atoms with van der Waals surface area (Å²) in [5.41, 5.74) is 5.78. The molecule has 4 nitrogen and oxygen atoms in total. The van der Waals surface area contributed by atoms with Gasteiger partial charge in [-0.15, -0.1) is 11.3 Å². The number of carbonyl (C=O) groups is 1. The minimum absolute atomic E-state index is 0.157. The molecule has 1 aliphatic rings. The van der Waals surface area contributed by atoms with Crippen molar-refractivity contribution < 1.29 is 9.90 Å². The maximum atomic E-state index is 11.0. The van der Waals surface area contributed by atoms with E-state index in [1.54, 1.807) is 5.38 Å². The molecule has 1 saturated carbocycles. The van der Waals surface area contributed by atoms with Crippen molar-refractivity contribution in [2.24, 2.45) is 11.7 Å². The average molecular weight is 268 g/mol. The van der Waals surface area contributed by atoms with E-state index in [1.165, 1.54) is 17.8 Å². The lowest BCUT2D eigenvalue weighted by Crippen LogP contribution is -2.33. The normalized spacial score (nSPS) is 24.1. The van der Waals surface area contributed by atoms with E-state index in [1.807, 2.05) is 6.07 Å². The van der Waals surface area contributed by atoms with Crippen LogP contribution in [-0.2, 0) is 6.54 Å². The predicted octanol–water partition coefficient (Wildman–Crippen LogP) is 1.49. The highest BCUT2D eigenvalue weighted by atomic mass is 32.1. The highest BCUT2D eigenvalue weighted by Crippen LogP contribution is 2.23. The minimum Gasteiger partial charge on any atom is -0.393 e. The summed E-state index contributed by atoms with van der Waals surface area (Å²) in [6.45, 7) is 1.58. The van der Waals surface area contributed by atoms with Gasteiger partial charge in [0.1, 0.15) is 0 Å². The van der Waals surface area contributed by atoms with Crippen LogP contribution in [0.4, 0.5) is 0 Å². The summed E-state index contributed by atoms with van der Waals surface area (Å²) >= 11 is 1.54. The molecule has 1 aromatic heterocycles. The number of carbonyl (C=O) groups excluding carboxylic acids is 1. The average Bonchev–Trinajstić information content (AvgIpc) is 2.80. The molecule has 1 fully saturated rings. The fourth-order valence-electron chi connectivity index (χ4n) is 2.41. The van der Waals surface area contributed by atoms with Gasteiger partial charge < -0.3 is 16.2 Å². The Morgan fingerprint density at radius 2 is 2.28 bits per heavy atom. The zero-order valence-corrected chi connectivity index (χ0v) is 11.2. The molecule has 0 bridgehead atoms. The van der Waals surface area contributed by atoms with Gasteiger partial charge in [0, 0.05) is 23.3 Å². The summed E-state index contributed by atoms with van der Waals surface area (Å²) in [7, 11) is 0. The largest absolute Gasteiger partial charge is 0.393 e. The second-order valence-corrected chi connectivity index (χ2v) is 5.90. The molecule has 0 saturated heterocycles. The van der Waals surface area contributed by atoms with Crippen molar-refractivity contribution in [2.75, 3.05) is 6.54 Å². The van der Waals surface area contributed by atoms with Crippen LogP contribution < -0.4 is 11.1 Å². The molecule has 4 N–H and O–H groups in total. The molecule has 2 rings (SSSR count). The maximum Gasteiger partial charge on any atom is 0.249 e. The lowest BCUT2D eigenvalue weighted by atomic mass is 9.86. The summed E-state index contributed by atoms with van der Waals surface area (Å²) in [5, 5.41) is 15.0. The van der Waals surface area contributed by atoms with Crippen LogP contribution in [-0.4, -0.2) is 23.7 Å². The molecule has 0 radical (unpaired) electrons. The molecular formula is C13H20N2O2S. The van der Waals surface area contributed by atoms with Gasteiger partial charge in [0.15, 0.2) is 0 Å². The second kappa shape index (κ2) is 6.31. The van der Waals surface area contributed by atoms with Crippen molar-refractivity contribution in [3.63, 3.8) is 0 Å². The molecular weight excluding hydrogens is 248 g/mol. The number of rotatable bonds is 5. The number of primary amides is 1. The number of hydrogen-bond acceptors (Lipinski definition) is 4. The first-order valence-corrected chi connectivity index (χ1v) is 7.31. The van der Waals surface area contributed by atoms with Crippen molar-refractivity contribution in [3.05, 3.63) is 21.9 Å². The van der Waals surface area contributed by atoms with E-state index in [9.17, 15) is 9.90 Å². The molecule has 1 aromatic rings. The van der Waals surface area contributed by atoms with Crippen molar-refractivity contribution >= 4 is 17.2 Å². The molecule has 0 aromatic carbocycles. The number of aliphatic hydroxyl groups excluding tert-OH is 1. The van der Waals surface area contributed by atoms with Crippen LogP contribution in [0.25, 0.3) is 0 Å². The van der Waals surface area contributed by atoms with Gasteiger partial charge in [0.25, 0.3) is 0 Å². The third kappa shape index (κ3) is 3.54. The Hall–Kier alpha value is -0.910. The zero-order valence-electron chi connectivity index (χ0n) is 10.4. The molecule has 2 unspecified atom stereocenters. The first kappa shape index (κ1) is 13.5. The maximum absolute atomic E-state index is 11.0. The summed E-state index contributed by atoms with van der Waals surface area (Å²) in [4.78, 5) is 12.1. The van der Waals surface area contributed by atoms with Gasteiger partial charge in [-0.2, -0.15) is 0 Å². The lowest BCUT2D eigenvalue weighted by Gasteiger charge is -2.27. The van der Waals surface area contributed by atoms with Gasteiger partial charge in [0.2, 0.25) is 5.91 Å². The first-order chi connectivity index (χ1) is 8.66. The standard InChI is InChI=1S/C13H20N2O2S/c14-13(17)10-5-11(18-8-10)7-15-6-9-3-1-2-4-12(9)16/h5,8-9,12,15-16H,1-4,6-7H2,(H2,14,17). The van der Waals surface area contributed by atoms with Crippen LogP contribution in [0.1, 0.15) is 40.9 Å². The first-order valence-electron chi connectivity index (χ1n) is 6.43. The highest BCUT2D eigenvalue weighted by molar-refractivity contribution is 7.10. The summed E-state index contributed by atoms with van der Waals surface area (Å²) in [6, 6.07) is 1.83. The number of amides is 1. The van der Waals surface area contributed by atoms with Crippen LogP contribution in [0.5, 0.6) is 0 Å². The van der Waals surface area contributed by atoms with E-state index in [2.05, 4.69) is 5.32 Å². The quantitative estimate of drug-likeness (QED) is 0.757. The van der Waals surface area contributed by atoms with Crippen LogP contribution in [0, 0.1) is 5.92 Å². The summed E-state index contributed by atoms with van der Waals surface area (Å²) < 4.78 is 0. The van der Waals surface area contributed by atoms with E-state index in [4.69, 9.17) is 5.73 Å². The summed E-state index contributed by atoms with van der Waals surface area (Å²) in [6.07, 6.45) is 4.23. The van der Waals surface area contributed by atoms with Crippen molar-refractivity contribution in [3.8, 4) is 0 Å². The molecule has 5 heteroatoms. The van der Waals surface area contributed by atoms with Crippen LogP contribution in [0.15, 0.2) is 11.4 Å². The van der Waals surface area contributed by atoms with Crippen molar-refractivity contribution in [1.29, 1.82) is 0 Å². The van der Waals surface area contributed by atoms with Crippen LogP contribution in [0.3, 0.4) is 0 Å². The van der Waals surface area contributed by atoms with Crippen LogP contribution >= 0.6 is 11.3 Å². The van der Waals surface area contributed by atoms with E-state index < -0.39 is 0 Å². The molecule has 2 atom stereocenters. The number of hydrogen-bond donors (Lipinski definition) is 3. The van der Waals surface area contributed by atoms with E-state index in [0.717, 1.165) is 37.2 Å². The van der Waals surface area contributed by atoms with Gasteiger partial charge in [-0.1, -0.05) is 12.8 Å². The Morgan fingerprint density at radius 3 is 2.94 bits per heavy atom. The van der Waals surface area contributed by atoms with Gasteiger partial charge in [-0.25, -0.2) is 0 Å². The third-order valence-electron chi connectivity index (χ3n) is 3.51. The molecule has 0 aliphatic heterocycles. The lowest BCUT2D eigenvalue weighted by molar-refractivity contribution is 0.0695. The molecule has 1 aliphatic carbocycles. The second-order valence-electron chi connectivity index (χ2n) is 4.91. The number of nitrogens with one attached hydrogen (secondary N) is 1. The van der Waals surface area contributed by atoms with Crippen molar-refractivity contribution in [2.45, 2.75) is 38.3 Å². The number of aliphatic hydroxyl groups is 1. The molecule has 0 spiro atoms. The van der Waals surface area contributed by atoms with Crippen molar-refractivity contribution in [1.82, 2.24) is 5.32 Å². The summed E-state index contributed by atoms with van der Waals surface area (Å²) in [5.74, 6) is -0.00507. The Labute approximate surface area is 111 Å². The highest BCUT2D eigenvalue weighted by Gasteiger charge is 2.22.